The maximum Gasteiger partial charge on any atom is 0.252 e. The van der Waals surface area contributed by atoms with Crippen LogP contribution in [0.5, 0.6) is 0 Å². The van der Waals surface area contributed by atoms with Crippen molar-refractivity contribution in [3.05, 3.63) is 266 Å². The number of piperidine rings is 2. The molecule has 0 N–H and O–H groups in total. The van der Waals surface area contributed by atoms with Crippen molar-refractivity contribution in [3.8, 4) is 66.8 Å². The number of benzene rings is 11. The van der Waals surface area contributed by atoms with Crippen molar-refractivity contribution in [2.24, 2.45) is 11.8 Å². The van der Waals surface area contributed by atoms with Crippen LogP contribution >= 0.6 is 0 Å². The van der Waals surface area contributed by atoms with Crippen LogP contribution in [0.2, 0.25) is 0 Å². The molecule has 4 aliphatic heterocycles. The molecule has 0 unspecified atom stereocenters. The van der Waals surface area contributed by atoms with Gasteiger partial charge in [-0.05, 0) is 157 Å². The van der Waals surface area contributed by atoms with Crippen LogP contribution < -0.4 is 31.1 Å². The van der Waals surface area contributed by atoms with E-state index in [1.165, 1.54) is 161 Å². The maximum absolute atomic E-state index is 2.90. The topological polar surface area (TPSA) is 9.72 Å². The van der Waals surface area contributed by atoms with E-state index in [0.717, 1.165) is 17.5 Å². The molecule has 17 rings (SSSR count). The highest BCUT2D eigenvalue weighted by Gasteiger charge is 2.49. The van der Waals surface area contributed by atoms with E-state index in [1.54, 1.807) is 0 Å². The van der Waals surface area contributed by atoms with E-state index in [0.29, 0.717) is 12.1 Å². The first kappa shape index (κ1) is 53.4. The van der Waals surface area contributed by atoms with Gasteiger partial charge in [-0.25, -0.2) is 0 Å². The lowest BCUT2D eigenvalue weighted by Crippen LogP contribution is -2.62. The molecule has 6 aliphatic rings. The van der Waals surface area contributed by atoms with Crippen LogP contribution in [0.1, 0.15) is 84.8 Å². The first-order valence-corrected chi connectivity index (χ1v) is 31.9. The van der Waals surface area contributed by atoms with Crippen LogP contribution in [0.3, 0.4) is 0 Å². The molecule has 11 aromatic carbocycles. The molecule has 11 aromatic rings. The van der Waals surface area contributed by atoms with Gasteiger partial charge in [-0.1, -0.05) is 266 Å². The summed E-state index contributed by atoms with van der Waals surface area (Å²) in [5.41, 5.74) is 29.5. The van der Waals surface area contributed by atoms with Gasteiger partial charge in [0.1, 0.15) is 0 Å². The van der Waals surface area contributed by atoms with Crippen molar-refractivity contribution in [2.45, 2.75) is 96.6 Å². The zero-order valence-corrected chi connectivity index (χ0v) is 51.0. The van der Waals surface area contributed by atoms with Crippen LogP contribution in [0.15, 0.2) is 255 Å². The predicted octanol–water partition coefficient (Wildman–Crippen LogP) is 20.1. The van der Waals surface area contributed by atoms with Gasteiger partial charge >= 0.3 is 0 Å². The zero-order valence-electron chi connectivity index (χ0n) is 51.0. The summed E-state index contributed by atoms with van der Waals surface area (Å²) in [5.74, 6) is 1.69. The molecule has 0 aromatic heterocycles. The molecule has 2 saturated carbocycles. The molecule has 4 heteroatoms. The number of nitrogens with zero attached hydrogens (tertiary/aromatic N) is 3. The van der Waals surface area contributed by atoms with Crippen molar-refractivity contribution in [2.75, 3.05) is 14.7 Å². The number of anilines is 7. The molecular formula is C83H74BN3. The van der Waals surface area contributed by atoms with Crippen LogP contribution in [0, 0.1) is 11.8 Å². The Labute approximate surface area is 515 Å². The molecule has 3 nitrogen and oxygen atoms in total. The second-order valence-electron chi connectivity index (χ2n) is 27.7. The van der Waals surface area contributed by atoms with Crippen molar-refractivity contribution in [3.63, 3.8) is 0 Å². The summed E-state index contributed by atoms with van der Waals surface area (Å²) in [7, 11) is 0. The molecule has 424 valence electrons. The fourth-order valence-corrected chi connectivity index (χ4v) is 16.2. The van der Waals surface area contributed by atoms with E-state index in [4.69, 9.17) is 0 Å². The third-order valence-corrected chi connectivity index (χ3v) is 20.3. The fraction of sp³-hybridized carbons (Fsp3) is 0.205. The van der Waals surface area contributed by atoms with Crippen molar-refractivity contribution in [1.82, 2.24) is 0 Å². The van der Waals surface area contributed by atoms with Gasteiger partial charge in [0.05, 0.1) is 11.4 Å². The third kappa shape index (κ3) is 9.17. The van der Waals surface area contributed by atoms with Crippen LogP contribution in [0.4, 0.5) is 39.8 Å². The molecule has 4 heterocycles. The molecule has 0 radical (unpaired) electrons. The molecule has 4 bridgehead atoms. The van der Waals surface area contributed by atoms with Crippen LogP contribution in [-0.4, -0.2) is 18.8 Å². The fourth-order valence-electron chi connectivity index (χ4n) is 16.2. The van der Waals surface area contributed by atoms with E-state index in [1.807, 2.05) is 0 Å². The quantitative estimate of drug-likeness (QED) is 0.133. The largest absolute Gasteiger partial charge is 0.365 e. The number of hydrogen-bond acceptors (Lipinski definition) is 3. The van der Waals surface area contributed by atoms with E-state index < -0.39 is 0 Å². The zero-order chi connectivity index (χ0) is 58.7. The molecule has 0 atom stereocenters. The Hall–Kier alpha value is -9.12. The Kier molecular flexibility index (Phi) is 12.8. The summed E-state index contributed by atoms with van der Waals surface area (Å²) in [5, 5.41) is 0. The summed E-state index contributed by atoms with van der Waals surface area (Å²) >= 11 is 0. The molecule has 2 aliphatic carbocycles. The number of rotatable bonds is 9. The Morgan fingerprint density at radius 1 is 0.310 bits per heavy atom. The Balaban J connectivity index is 1.05. The minimum absolute atomic E-state index is 0.00291. The standard InChI is InChI=1S/C83H74BN3/c1-82(2,3)64-38-33-56(34-39-64)62-37-44-75-74(50-62)84-73-43-42-66(85-67-46-54-45-55(48-67)49-68(85)47-54)53-76(73)87(81-71(60-25-15-9-16-26-60)31-20-32-72(81)61-27-17-10-18-28-61)78-52-63(57-35-40-65(41-36-57)83(4,5)6)51-77(79(78)84)86(75)80-69(58-21-11-7-12-22-58)29-19-30-70(80)59-23-13-8-14-24-59/h7-44,50-55,67-68H,45-49H2,1-6H3. The van der Waals surface area contributed by atoms with Crippen LogP contribution in [0.25, 0.3) is 66.8 Å². The van der Waals surface area contributed by atoms with Crippen molar-refractivity contribution in [1.29, 1.82) is 0 Å². The molecule has 0 spiro atoms. The number of fused-ring (bicyclic) bond motifs is 4. The normalized spacial score (nSPS) is 18.1. The van der Waals surface area contributed by atoms with Gasteiger partial charge < -0.3 is 14.7 Å². The Morgan fingerprint density at radius 2 is 0.713 bits per heavy atom. The molecular weight excluding hydrogens is 1050 g/mol. The first-order valence-electron chi connectivity index (χ1n) is 31.9. The van der Waals surface area contributed by atoms with E-state index in [-0.39, 0.29) is 17.5 Å². The average Bonchev–Trinajstić information content (AvgIpc) is 2.21. The molecule has 4 fully saturated rings. The van der Waals surface area contributed by atoms with Crippen molar-refractivity contribution >= 4 is 62.9 Å². The smallest absolute Gasteiger partial charge is 0.252 e. The Bertz CT molecular complexity index is 4260. The SMILES string of the molecule is CC(C)(C)c1ccc(-c2ccc3c(c2)B2c4ccc(N5C6CC7CC(C6)CC5C7)cc4N(c4c(-c5ccccc5)cccc4-c4ccccc4)c4cc(-c5ccc(C(C)(C)C)cc5)cc(c42)N3c2c(-c3ccccc3)cccc2-c2ccccc2)cc1. The van der Waals surface area contributed by atoms with Gasteiger partial charge in [0.15, 0.2) is 0 Å². The Morgan fingerprint density at radius 3 is 1.14 bits per heavy atom. The van der Waals surface area contributed by atoms with Gasteiger partial charge in [0.25, 0.3) is 6.71 Å². The number of hydrogen-bond donors (Lipinski definition) is 0. The lowest BCUT2D eigenvalue weighted by Gasteiger charge is -2.57. The van der Waals surface area contributed by atoms with Crippen molar-refractivity contribution < 1.29 is 0 Å². The highest BCUT2D eigenvalue weighted by atomic mass is 15.2. The van der Waals surface area contributed by atoms with Gasteiger partial charge in [0.2, 0.25) is 0 Å². The second-order valence-corrected chi connectivity index (χ2v) is 27.7. The third-order valence-electron chi connectivity index (χ3n) is 20.3. The first-order chi connectivity index (χ1) is 42.4. The molecule has 2 saturated heterocycles. The predicted molar refractivity (Wildman–Crippen MR) is 371 cm³/mol. The minimum Gasteiger partial charge on any atom is -0.365 e. The van der Waals surface area contributed by atoms with Gasteiger partial charge in [-0.15, -0.1) is 0 Å². The summed E-state index contributed by atoms with van der Waals surface area (Å²) in [6.07, 6.45) is 6.61. The second kappa shape index (κ2) is 20.8. The van der Waals surface area contributed by atoms with Gasteiger partial charge in [-0.2, -0.15) is 0 Å². The highest BCUT2D eigenvalue weighted by molar-refractivity contribution is 7.00. The summed E-state index contributed by atoms with van der Waals surface area (Å²) in [6, 6.07) is 98.8. The van der Waals surface area contributed by atoms with Crippen LogP contribution in [-0.2, 0) is 10.8 Å². The molecule has 0 amide bonds. The highest BCUT2D eigenvalue weighted by Crippen LogP contribution is 2.56. The van der Waals surface area contributed by atoms with Gasteiger partial charge in [-0.3, -0.25) is 0 Å². The average molecular weight is 1120 g/mol. The summed E-state index contributed by atoms with van der Waals surface area (Å²) < 4.78 is 0. The monoisotopic (exact) mass is 1120 g/mol. The lowest BCUT2D eigenvalue weighted by atomic mass is 9.33. The van der Waals surface area contributed by atoms with Gasteiger partial charge in [0, 0.05) is 62.8 Å². The minimum atomic E-state index is -0.130. The lowest BCUT2D eigenvalue weighted by molar-refractivity contribution is 0.0900. The van der Waals surface area contributed by atoms with E-state index >= 15 is 0 Å². The van der Waals surface area contributed by atoms with E-state index in [2.05, 4.69) is 311 Å². The molecule has 87 heavy (non-hydrogen) atoms. The maximum atomic E-state index is 2.90. The van der Waals surface area contributed by atoms with E-state index in [9.17, 15) is 0 Å². The summed E-state index contributed by atoms with van der Waals surface area (Å²) in [4.78, 5) is 8.35. The summed E-state index contributed by atoms with van der Waals surface area (Å²) in [6.45, 7) is 13.8. The number of para-hydroxylation sites is 2.